The Labute approximate surface area is 85.6 Å². The van der Waals surface area contributed by atoms with Crippen molar-refractivity contribution in [3.8, 4) is 0 Å². The van der Waals surface area contributed by atoms with E-state index in [-0.39, 0.29) is 0 Å². The van der Waals surface area contributed by atoms with E-state index in [1.54, 1.807) is 0 Å². The Hall–Kier alpha value is -1.25. The number of carbonyl (C=O) groups excluding carboxylic acids is 1. The third kappa shape index (κ3) is 4.09. The Morgan fingerprint density at radius 2 is 1.81 bits per heavy atom. The molecule has 0 aliphatic carbocycles. The highest BCUT2D eigenvalue weighted by Crippen LogP contribution is 2.36. The molecule has 0 bridgehead atoms. The molecule has 0 aromatic carbocycles. The van der Waals surface area contributed by atoms with Gasteiger partial charge in [-0.05, 0) is 0 Å². The lowest BCUT2D eigenvalue weighted by atomic mass is 10.3. The van der Waals surface area contributed by atoms with E-state index < -0.39 is 31.2 Å². The minimum atomic E-state index is -5.44. The average Bonchev–Trinajstić information content (AvgIpc) is 2.11. The molecule has 0 amide bonds. The first-order valence-corrected chi connectivity index (χ1v) is 3.63. The summed E-state index contributed by atoms with van der Waals surface area (Å²) >= 11 is 0. The molecule has 0 aromatic rings. The van der Waals surface area contributed by atoms with Crippen molar-refractivity contribution >= 4 is 5.97 Å². The molecule has 9 heteroatoms. The van der Waals surface area contributed by atoms with Crippen molar-refractivity contribution in [3.05, 3.63) is 12.7 Å². The van der Waals surface area contributed by atoms with E-state index in [4.69, 9.17) is 0 Å². The fourth-order valence-corrected chi connectivity index (χ4v) is 0.503. The summed E-state index contributed by atoms with van der Waals surface area (Å²) in [6.07, 6.45) is -5.00. The van der Waals surface area contributed by atoms with Crippen LogP contribution in [0.5, 0.6) is 0 Å². The first-order valence-electron chi connectivity index (χ1n) is 3.63. The molecule has 0 heterocycles. The highest BCUT2D eigenvalue weighted by molar-refractivity contribution is 5.81. The van der Waals surface area contributed by atoms with Gasteiger partial charge in [0.2, 0.25) is 0 Å². The standard InChI is InChI=1S/C7H6F6O3/c1-2-4(14)15-3-6(10,11)7(12,13)16-5(8)9/h2,5H,1,3H2. The third-order valence-corrected chi connectivity index (χ3v) is 1.23. The van der Waals surface area contributed by atoms with Crippen LogP contribution in [0, 0.1) is 0 Å². The van der Waals surface area contributed by atoms with Gasteiger partial charge in [0.15, 0.2) is 6.61 Å². The summed E-state index contributed by atoms with van der Waals surface area (Å²) in [5, 5.41) is 0. The maximum Gasteiger partial charge on any atom is 0.427 e. The number of ether oxygens (including phenoxy) is 2. The van der Waals surface area contributed by atoms with Gasteiger partial charge in [0, 0.05) is 6.08 Å². The van der Waals surface area contributed by atoms with Crippen LogP contribution in [0.2, 0.25) is 0 Å². The Bertz CT molecular complexity index is 265. The number of carbonyl (C=O) groups is 1. The summed E-state index contributed by atoms with van der Waals surface area (Å²) in [5.74, 6) is -6.46. The van der Waals surface area contributed by atoms with Gasteiger partial charge in [-0.15, -0.1) is 0 Å². The zero-order chi connectivity index (χ0) is 13.0. The number of alkyl halides is 6. The molecular weight excluding hydrogens is 246 g/mol. The van der Waals surface area contributed by atoms with Crippen molar-refractivity contribution in [3.63, 3.8) is 0 Å². The minimum Gasteiger partial charge on any atom is -0.456 e. The highest BCUT2D eigenvalue weighted by Gasteiger charge is 2.60. The second-order valence-corrected chi connectivity index (χ2v) is 2.41. The molecule has 0 unspecified atom stereocenters. The van der Waals surface area contributed by atoms with E-state index in [9.17, 15) is 31.1 Å². The molecule has 0 N–H and O–H groups in total. The molecular formula is C7H6F6O3. The number of halogens is 6. The third-order valence-electron chi connectivity index (χ3n) is 1.23. The number of hydrogen-bond donors (Lipinski definition) is 0. The largest absolute Gasteiger partial charge is 0.456 e. The van der Waals surface area contributed by atoms with E-state index in [0.717, 1.165) is 0 Å². The zero-order valence-corrected chi connectivity index (χ0v) is 7.56. The van der Waals surface area contributed by atoms with Crippen molar-refractivity contribution < 1.29 is 40.6 Å². The van der Waals surface area contributed by atoms with Crippen LogP contribution in [0.25, 0.3) is 0 Å². The lowest BCUT2D eigenvalue weighted by Crippen LogP contribution is -2.47. The van der Waals surface area contributed by atoms with Crippen molar-refractivity contribution in [2.45, 2.75) is 18.6 Å². The van der Waals surface area contributed by atoms with Crippen molar-refractivity contribution in [1.29, 1.82) is 0 Å². The van der Waals surface area contributed by atoms with E-state index in [0.29, 0.717) is 6.08 Å². The summed E-state index contributed by atoms with van der Waals surface area (Å²) in [7, 11) is 0. The molecule has 0 aliphatic rings. The van der Waals surface area contributed by atoms with Crippen LogP contribution in [-0.4, -0.2) is 31.2 Å². The van der Waals surface area contributed by atoms with Gasteiger partial charge in [-0.2, -0.15) is 26.3 Å². The molecule has 0 aliphatic heterocycles. The van der Waals surface area contributed by atoms with Gasteiger partial charge in [0.05, 0.1) is 0 Å². The van der Waals surface area contributed by atoms with Gasteiger partial charge in [0.25, 0.3) is 0 Å². The van der Waals surface area contributed by atoms with Crippen LogP contribution in [0.4, 0.5) is 26.3 Å². The molecule has 0 atom stereocenters. The zero-order valence-electron chi connectivity index (χ0n) is 7.56. The smallest absolute Gasteiger partial charge is 0.427 e. The molecule has 0 aromatic heterocycles. The Morgan fingerprint density at radius 3 is 2.19 bits per heavy atom. The van der Waals surface area contributed by atoms with Gasteiger partial charge in [-0.1, -0.05) is 6.58 Å². The molecule has 0 saturated carbocycles. The first-order chi connectivity index (χ1) is 7.12. The fourth-order valence-electron chi connectivity index (χ4n) is 0.503. The molecule has 0 spiro atoms. The van der Waals surface area contributed by atoms with E-state index >= 15 is 0 Å². The normalized spacial score (nSPS) is 12.7. The summed E-state index contributed by atoms with van der Waals surface area (Å²) in [4.78, 5) is 10.3. The fraction of sp³-hybridized carbons (Fsp3) is 0.571. The Balaban J connectivity index is 4.50. The summed E-state index contributed by atoms with van der Waals surface area (Å²) in [6, 6.07) is 0. The summed E-state index contributed by atoms with van der Waals surface area (Å²) in [6.45, 7) is -3.37. The molecule has 0 rings (SSSR count). The Kier molecular flexibility index (Phi) is 4.79. The van der Waals surface area contributed by atoms with Crippen LogP contribution in [0.15, 0.2) is 12.7 Å². The maximum atomic E-state index is 12.5. The topological polar surface area (TPSA) is 35.5 Å². The van der Waals surface area contributed by atoms with E-state index in [2.05, 4.69) is 16.1 Å². The molecule has 0 radical (unpaired) electrons. The van der Waals surface area contributed by atoms with Crippen molar-refractivity contribution in [2.24, 2.45) is 0 Å². The Morgan fingerprint density at radius 1 is 1.31 bits per heavy atom. The van der Waals surface area contributed by atoms with Crippen molar-refractivity contribution in [1.82, 2.24) is 0 Å². The van der Waals surface area contributed by atoms with Crippen LogP contribution in [0.1, 0.15) is 0 Å². The minimum absolute atomic E-state index is 0.447. The second kappa shape index (κ2) is 5.19. The van der Waals surface area contributed by atoms with Gasteiger partial charge in [-0.25, -0.2) is 4.79 Å². The lowest BCUT2D eigenvalue weighted by Gasteiger charge is -2.24. The molecule has 94 valence electrons. The predicted octanol–water partition coefficient (Wildman–Crippen LogP) is 2.18. The van der Waals surface area contributed by atoms with Crippen LogP contribution >= 0.6 is 0 Å². The first kappa shape index (κ1) is 14.8. The molecule has 0 fully saturated rings. The second-order valence-electron chi connectivity index (χ2n) is 2.41. The summed E-state index contributed by atoms with van der Waals surface area (Å²) < 4.78 is 78.5. The quantitative estimate of drug-likeness (QED) is 0.413. The van der Waals surface area contributed by atoms with Gasteiger partial charge in [-0.3, -0.25) is 4.74 Å². The van der Waals surface area contributed by atoms with Crippen molar-refractivity contribution in [2.75, 3.05) is 6.61 Å². The molecule has 0 saturated heterocycles. The SMILES string of the molecule is C=CC(=O)OCC(F)(F)C(F)(F)OC(F)F. The van der Waals surface area contributed by atoms with E-state index in [1.807, 2.05) is 0 Å². The van der Waals surface area contributed by atoms with Crippen LogP contribution < -0.4 is 0 Å². The predicted molar refractivity (Wildman–Crippen MR) is 38.1 cm³/mol. The number of esters is 1. The number of rotatable bonds is 6. The highest BCUT2D eigenvalue weighted by atomic mass is 19.3. The monoisotopic (exact) mass is 252 g/mol. The van der Waals surface area contributed by atoms with Gasteiger partial charge in [0.1, 0.15) is 0 Å². The molecule has 16 heavy (non-hydrogen) atoms. The average molecular weight is 252 g/mol. The van der Waals surface area contributed by atoms with Crippen LogP contribution in [-0.2, 0) is 14.3 Å². The lowest BCUT2D eigenvalue weighted by molar-refractivity contribution is -0.398. The van der Waals surface area contributed by atoms with Gasteiger partial charge >= 0.3 is 24.6 Å². The number of hydrogen-bond acceptors (Lipinski definition) is 3. The summed E-state index contributed by atoms with van der Waals surface area (Å²) in [5.41, 5.74) is 0. The maximum absolute atomic E-state index is 12.5. The van der Waals surface area contributed by atoms with Crippen LogP contribution in [0.3, 0.4) is 0 Å². The molecule has 3 nitrogen and oxygen atoms in total. The van der Waals surface area contributed by atoms with Gasteiger partial charge < -0.3 is 4.74 Å². The van der Waals surface area contributed by atoms with E-state index in [1.165, 1.54) is 0 Å².